The maximum atomic E-state index is 16.3. The second kappa shape index (κ2) is 11.9. The molecule has 0 saturated carbocycles. The summed E-state index contributed by atoms with van der Waals surface area (Å²) < 4.78 is 36.6. The van der Waals surface area contributed by atoms with Crippen molar-refractivity contribution < 1.29 is 23.4 Å². The number of phenolic OH excluding ortho intramolecular Hbond substituents is 1. The summed E-state index contributed by atoms with van der Waals surface area (Å²) in [5.41, 5.74) is 0.735. The van der Waals surface area contributed by atoms with Crippen LogP contribution in [0, 0.1) is 17.1 Å². The first kappa shape index (κ1) is 28.4. The number of nitriles is 1. The average molecular weight is 594 g/mol. The van der Waals surface area contributed by atoms with Gasteiger partial charge in [0.1, 0.15) is 17.1 Å². The number of aromatic nitrogens is 4. The lowest BCUT2D eigenvalue weighted by Crippen LogP contribution is -2.55. The van der Waals surface area contributed by atoms with Crippen molar-refractivity contribution in [1.82, 2.24) is 24.8 Å². The number of carbonyl (C=O) groups excluding carboxylic acids is 1. The maximum Gasteiger partial charge on any atom is 0.318 e. The molecular weight excluding hydrogens is 568 g/mol. The van der Waals surface area contributed by atoms with Gasteiger partial charge in [-0.25, -0.2) is 18.7 Å². The second-order valence-electron chi connectivity index (χ2n) is 10.1. The molecular formula is C32H25F2N7O3. The molecule has 1 aliphatic rings. The summed E-state index contributed by atoms with van der Waals surface area (Å²) in [7, 11) is 1.37. The van der Waals surface area contributed by atoms with Gasteiger partial charge >= 0.3 is 6.01 Å². The highest BCUT2D eigenvalue weighted by Crippen LogP contribution is 2.38. The van der Waals surface area contributed by atoms with Crippen LogP contribution in [0.4, 0.5) is 14.6 Å². The van der Waals surface area contributed by atoms with Crippen molar-refractivity contribution in [3.05, 3.63) is 84.5 Å². The van der Waals surface area contributed by atoms with Crippen LogP contribution in [0.5, 0.6) is 11.8 Å². The number of anilines is 1. The molecule has 220 valence electrons. The van der Waals surface area contributed by atoms with E-state index >= 15 is 4.39 Å². The van der Waals surface area contributed by atoms with Gasteiger partial charge in [0.15, 0.2) is 17.5 Å². The molecule has 44 heavy (non-hydrogen) atoms. The average Bonchev–Trinajstić information content (AvgIpc) is 3.04. The van der Waals surface area contributed by atoms with Crippen molar-refractivity contribution in [1.29, 1.82) is 5.26 Å². The summed E-state index contributed by atoms with van der Waals surface area (Å²) >= 11 is 0. The summed E-state index contributed by atoms with van der Waals surface area (Å²) in [4.78, 5) is 32.8. The van der Waals surface area contributed by atoms with Gasteiger partial charge < -0.3 is 19.6 Å². The van der Waals surface area contributed by atoms with E-state index in [1.165, 1.54) is 30.5 Å². The van der Waals surface area contributed by atoms with Gasteiger partial charge in [-0.05, 0) is 40.6 Å². The van der Waals surface area contributed by atoms with Gasteiger partial charge in [-0.1, -0.05) is 30.3 Å². The maximum absolute atomic E-state index is 16.3. The quantitative estimate of drug-likeness (QED) is 0.270. The van der Waals surface area contributed by atoms with Gasteiger partial charge in [0.2, 0.25) is 0 Å². The molecule has 0 spiro atoms. The number of piperazine rings is 1. The molecule has 2 aromatic heterocycles. The molecule has 0 aliphatic carbocycles. The Kier molecular flexibility index (Phi) is 7.68. The smallest absolute Gasteiger partial charge is 0.318 e. The lowest BCUT2D eigenvalue weighted by Gasteiger charge is -2.41. The summed E-state index contributed by atoms with van der Waals surface area (Å²) in [5.74, 6) is -2.15. The van der Waals surface area contributed by atoms with E-state index in [-0.39, 0.29) is 54.7 Å². The van der Waals surface area contributed by atoms with E-state index < -0.39 is 23.6 Å². The summed E-state index contributed by atoms with van der Waals surface area (Å²) in [6.45, 7) is 0.425. The van der Waals surface area contributed by atoms with Crippen LogP contribution in [-0.4, -0.2) is 68.6 Å². The molecule has 3 heterocycles. The topological polar surface area (TPSA) is 128 Å². The Morgan fingerprint density at radius 1 is 1.09 bits per heavy atom. The zero-order valence-corrected chi connectivity index (χ0v) is 23.5. The number of ether oxygens (including phenoxy) is 1. The minimum absolute atomic E-state index is 0.00215. The molecule has 5 aromatic rings. The molecule has 1 unspecified atom stereocenters. The molecule has 0 bridgehead atoms. The van der Waals surface area contributed by atoms with Crippen LogP contribution < -0.4 is 9.64 Å². The first-order valence-corrected chi connectivity index (χ1v) is 13.7. The standard InChI is InChI=1S/C32H25F2N7O3/c1-44-32-38-29-24(8-7-23(28(29)34)25-16-21(42)15-19-5-2-3-6-22(19)25)30(39-32)40-13-14-41(20(18-40)9-10-35)31(43)26(33)17-27-36-11-4-12-37-27/h2-8,11-12,15-17,20,42H,9,13-14,18H2,1H3/b26-17-. The fraction of sp³-hybridized carbons (Fsp3) is 0.188. The van der Waals surface area contributed by atoms with E-state index in [4.69, 9.17) is 4.74 Å². The number of nitrogens with zero attached hydrogens (tertiary/aromatic N) is 7. The molecule has 6 rings (SSSR count). The van der Waals surface area contributed by atoms with Gasteiger partial charge in [0, 0.05) is 49.1 Å². The summed E-state index contributed by atoms with van der Waals surface area (Å²) in [6, 6.07) is 16.7. The van der Waals surface area contributed by atoms with Gasteiger partial charge in [-0.3, -0.25) is 4.79 Å². The van der Waals surface area contributed by atoms with Gasteiger partial charge in [-0.2, -0.15) is 15.2 Å². The number of phenols is 1. The van der Waals surface area contributed by atoms with Crippen molar-refractivity contribution in [3.63, 3.8) is 0 Å². The van der Waals surface area contributed by atoms with Crippen LogP contribution in [0.1, 0.15) is 12.2 Å². The predicted molar refractivity (Wildman–Crippen MR) is 160 cm³/mol. The number of rotatable bonds is 6. The lowest BCUT2D eigenvalue weighted by molar-refractivity contribution is -0.131. The summed E-state index contributed by atoms with van der Waals surface area (Å²) in [6.07, 6.45) is 3.76. The Morgan fingerprint density at radius 3 is 2.66 bits per heavy atom. The molecule has 1 aliphatic heterocycles. The van der Waals surface area contributed by atoms with Crippen molar-refractivity contribution in [2.24, 2.45) is 0 Å². The highest BCUT2D eigenvalue weighted by atomic mass is 19.1. The van der Waals surface area contributed by atoms with Gasteiger partial charge in [0.25, 0.3) is 5.91 Å². The monoisotopic (exact) mass is 593 g/mol. The first-order valence-electron chi connectivity index (χ1n) is 13.7. The lowest BCUT2D eigenvalue weighted by atomic mass is 9.96. The first-order chi connectivity index (χ1) is 21.4. The van der Waals surface area contributed by atoms with Crippen molar-refractivity contribution >= 4 is 39.5 Å². The Labute approximate surface area is 250 Å². The van der Waals surface area contributed by atoms with E-state index in [0.717, 1.165) is 16.8 Å². The van der Waals surface area contributed by atoms with Crippen LogP contribution in [-0.2, 0) is 4.79 Å². The zero-order chi connectivity index (χ0) is 30.8. The van der Waals surface area contributed by atoms with Crippen molar-refractivity contribution in [2.75, 3.05) is 31.6 Å². The van der Waals surface area contributed by atoms with Crippen LogP contribution in [0.15, 0.2) is 72.8 Å². The number of hydrogen-bond donors (Lipinski definition) is 1. The van der Waals surface area contributed by atoms with Crippen LogP contribution >= 0.6 is 0 Å². The fourth-order valence-corrected chi connectivity index (χ4v) is 5.48. The van der Waals surface area contributed by atoms with E-state index in [1.807, 2.05) is 29.2 Å². The highest BCUT2D eigenvalue weighted by Gasteiger charge is 2.34. The zero-order valence-electron chi connectivity index (χ0n) is 23.5. The van der Waals surface area contributed by atoms with E-state index in [0.29, 0.717) is 16.8 Å². The van der Waals surface area contributed by atoms with Crippen LogP contribution in [0.3, 0.4) is 0 Å². The minimum atomic E-state index is -1.05. The largest absolute Gasteiger partial charge is 0.508 e. The highest BCUT2D eigenvalue weighted by molar-refractivity contribution is 6.01. The predicted octanol–water partition coefficient (Wildman–Crippen LogP) is 5.03. The van der Waals surface area contributed by atoms with Crippen molar-refractivity contribution in [2.45, 2.75) is 12.5 Å². The number of carbonyl (C=O) groups is 1. The number of halogens is 2. The van der Waals surface area contributed by atoms with Crippen LogP contribution in [0.2, 0.25) is 0 Å². The van der Waals surface area contributed by atoms with E-state index in [2.05, 4.69) is 26.0 Å². The third-order valence-corrected chi connectivity index (χ3v) is 7.50. The number of methoxy groups -OCH3 is 1. The molecule has 3 aromatic carbocycles. The number of benzene rings is 3. The van der Waals surface area contributed by atoms with Gasteiger partial charge in [-0.15, -0.1) is 0 Å². The molecule has 1 N–H and O–H groups in total. The number of fused-ring (bicyclic) bond motifs is 2. The molecule has 1 amide bonds. The molecule has 12 heteroatoms. The Balaban J connectivity index is 1.37. The fourth-order valence-electron chi connectivity index (χ4n) is 5.48. The number of hydrogen-bond acceptors (Lipinski definition) is 9. The molecule has 1 atom stereocenters. The third kappa shape index (κ3) is 5.31. The SMILES string of the molecule is COc1nc(N2CCN(C(=O)/C(F)=C/c3ncccn3)C(CC#N)C2)c2ccc(-c3cc(O)cc4ccccc34)c(F)c2n1. The van der Waals surface area contributed by atoms with Gasteiger partial charge in [0.05, 0.1) is 25.6 Å². The Hall–Kier alpha value is -5.70. The molecule has 0 radical (unpaired) electrons. The third-order valence-electron chi connectivity index (χ3n) is 7.50. The normalized spacial score (nSPS) is 15.4. The second-order valence-corrected chi connectivity index (χ2v) is 10.1. The van der Waals surface area contributed by atoms with E-state index in [9.17, 15) is 19.6 Å². The van der Waals surface area contributed by atoms with Crippen LogP contribution in [0.25, 0.3) is 38.9 Å². The van der Waals surface area contributed by atoms with E-state index in [1.54, 1.807) is 24.3 Å². The minimum Gasteiger partial charge on any atom is -0.508 e. The van der Waals surface area contributed by atoms with Crippen molar-refractivity contribution in [3.8, 4) is 29.0 Å². The Morgan fingerprint density at radius 2 is 1.89 bits per heavy atom. The number of amides is 1. The molecule has 1 saturated heterocycles. The summed E-state index contributed by atoms with van der Waals surface area (Å²) in [5, 5.41) is 21.8. The number of aromatic hydroxyl groups is 1. The Bertz CT molecular complexity index is 1960. The molecule has 10 nitrogen and oxygen atoms in total. The molecule has 1 fully saturated rings.